The number of anilines is 1. The standard InChI is InChI=1S/C26H28N6O2/c1-16-12-18(24-27-9-5-10-28-24)14-21-23(16)32-25(31-21)22-20(8-11-29-26(22)34)30-19(15-33)13-17-6-3-2-4-7-17/h2-4,6-8,11-12,14,19,33H,5,9-10,13,15H2,1H3,(H,27,28)(H,31,32)(H2,29,30,34)/t19-/m0/s1. The van der Waals surface area contributed by atoms with Crippen LogP contribution in [-0.2, 0) is 6.42 Å². The molecule has 0 radical (unpaired) electrons. The molecular formula is C26H28N6O2. The molecule has 1 aliphatic rings. The van der Waals surface area contributed by atoms with Gasteiger partial charge < -0.3 is 25.7 Å². The minimum Gasteiger partial charge on any atom is -0.394 e. The number of aliphatic hydroxyl groups excluding tert-OH is 1. The summed E-state index contributed by atoms with van der Waals surface area (Å²) in [5, 5.41) is 16.7. The Kier molecular flexibility index (Phi) is 6.14. The maximum atomic E-state index is 12.9. The van der Waals surface area contributed by atoms with Gasteiger partial charge in [0.25, 0.3) is 5.56 Å². The fraction of sp³-hybridized carbons (Fsp3) is 0.269. The van der Waals surface area contributed by atoms with Crippen molar-refractivity contribution in [3.8, 4) is 11.4 Å². The van der Waals surface area contributed by atoms with Crippen LogP contribution in [0.25, 0.3) is 22.4 Å². The maximum Gasteiger partial charge on any atom is 0.261 e. The van der Waals surface area contributed by atoms with Gasteiger partial charge in [-0.1, -0.05) is 30.3 Å². The second-order valence-corrected chi connectivity index (χ2v) is 8.59. The molecule has 1 atom stereocenters. The highest BCUT2D eigenvalue weighted by molar-refractivity contribution is 6.02. The lowest BCUT2D eigenvalue weighted by Crippen LogP contribution is -2.30. The molecule has 4 aromatic rings. The quantitative estimate of drug-likeness (QED) is 0.293. The van der Waals surface area contributed by atoms with E-state index >= 15 is 0 Å². The Hall–Kier alpha value is -3.91. The topological polar surface area (TPSA) is 118 Å². The normalized spacial score (nSPS) is 14.5. The van der Waals surface area contributed by atoms with Gasteiger partial charge in [0.05, 0.1) is 29.4 Å². The molecule has 0 amide bonds. The van der Waals surface area contributed by atoms with Crippen LogP contribution in [0.1, 0.15) is 23.1 Å². The van der Waals surface area contributed by atoms with E-state index in [0.717, 1.165) is 53.1 Å². The van der Waals surface area contributed by atoms with Crippen molar-refractivity contribution in [1.82, 2.24) is 20.3 Å². The minimum absolute atomic E-state index is 0.0706. The van der Waals surface area contributed by atoms with Crippen LogP contribution in [0.4, 0.5) is 5.69 Å². The van der Waals surface area contributed by atoms with Crippen molar-refractivity contribution in [3.63, 3.8) is 0 Å². The molecule has 8 nitrogen and oxygen atoms in total. The number of fused-ring (bicyclic) bond motifs is 1. The maximum absolute atomic E-state index is 12.9. The summed E-state index contributed by atoms with van der Waals surface area (Å²) in [5.74, 6) is 1.37. The van der Waals surface area contributed by atoms with Crippen molar-refractivity contribution in [3.05, 3.63) is 81.8 Å². The molecule has 0 bridgehead atoms. The van der Waals surface area contributed by atoms with Gasteiger partial charge in [-0.2, -0.15) is 0 Å². The van der Waals surface area contributed by atoms with E-state index in [2.05, 4.69) is 31.7 Å². The molecule has 2 aromatic carbocycles. The molecule has 8 heteroatoms. The summed E-state index contributed by atoms with van der Waals surface area (Å²) < 4.78 is 0. The van der Waals surface area contributed by atoms with Gasteiger partial charge >= 0.3 is 0 Å². The van der Waals surface area contributed by atoms with Gasteiger partial charge in [-0.05, 0) is 49.1 Å². The Morgan fingerprint density at radius 2 is 2.03 bits per heavy atom. The number of hydrogen-bond acceptors (Lipinski definition) is 6. The Balaban J connectivity index is 1.51. The number of aliphatic hydroxyl groups is 1. The third-order valence-corrected chi connectivity index (χ3v) is 6.05. The zero-order valence-electron chi connectivity index (χ0n) is 19.1. The number of H-pyrrole nitrogens is 2. The fourth-order valence-electron chi connectivity index (χ4n) is 4.39. The smallest absolute Gasteiger partial charge is 0.261 e. The van der Waals surface area contributed by atoms with Crippen LogP contribution in [0, 0.1) is 6.92 Å². The zero-order chi connectivity index (χ0) is 23.5. The number of hydrogen-bond donors (Lipinski definition) is 5. The van der Waals surface area contributed by atoms with Crippen molar-refractivity contribution in [2.45, 2.75) is 25.8 Å². The number of aromatic nitrogens is 3. The number of nitrogens with zero attached hydrogens (tertiary/aromatic N) is 2. The minimum atomic E-state index is -0.254. The van der Waals surface area contributed by atoms with E-state index in [4.69, 9.17) is 4.98 Å². The molecule has 0 unspecified atom stereocenters. The number of aromatic amines is 2. The Morgan fingerprint density at radius 1 is 1.18 bits per heavy atom. The molecule has 0 saturated carbocycles. The van der Waals surface area contributed by atoms with Gasteiger partial charge in [-0.25, -0.2) is 4.98 Å². The highest BCUT2D eigenvalue weighted by atomic mass is 16.3. The van der Waals surface area contributed by atoms with Crippen molar-refractivity contribution < 1.29 is 5.11 Å². The van der Waals surface area contributed by atoms with Crippen LogP contribution < -0.4 is 16.2 Å². The van der Waals surface area contributed by atoms with E-state index in [1.165, 1.54) is 0 Å². The predicted molar refractivity (Wildman–Crippen MR) is 136 cm³/mol. The lowest BCUT2D eigenvalue weighted by atomic mass is 10.1. The molecular weight excluding hydrogens is 428 g/mol. The third kappa shape index (κ3) is 4.45. The number of nitrogens with one attached hydrogen (secondary N) is 4. The third-order valence-electron chi connectivity index (χ3n) is 6.05. The van der Waals surface area contributed by atoms with Gasteiger partial charge in [-0.3, -0.25) is 9.79 Å². The molecule has 0 fully saturated rings. The summed E-state index contributed by atoms with van der Waals surface area (Å²) in [4.78, 5) is 28.4. The first-order chi connectivity index (χ1) is 16.6. The second-order valence-electron chi connectivity index (χ2n) is 8.59. The average Bonchev–Trinajstić information content (AvgIpc) is 3.29. The van der Waals surface area contributed by atoms with Gasteiger partial charge in [0.2, 0.25) is 0 Å². The SMILES string of the molecule is Cc1cc(C2=NCCCN2)cc2[nH]c(-c3c(N[C@H](CO)Cc4ccccc4)cc[nH]c3=O)nc12. The van der Waals surface area contributed by atoms with Crippen molar-refractivity contribution in [2.24, 2.45) is 4.99 Å². The molecule has 0 spiro atoms. The zero-order valence-corrected chi connectivity index (χ0v) is 19.1. The summed E-state index contributed by atoms with van der Waals surface area (Å²) in [7, 11) is 0. The number of benzene rings is 2. The summed E-state index contributed by atoms with van der Waals surface area (Å²) in [6.07, 6.45) is 3.26. The first-order valence-corrected chi connectivity index (χ1v) is 11.5. The van der Waals surface area contributed by atoms with E-state index in [1.807, 2.05) is 43.3 Å². The predicted octanol–water partition coefficient (Wildman–Crippen LogP) is 2.98. The number of imidazole rings is 1. The highest BCUT2D eigenvalue weighted by Gasteiger charge is 2.19. The monoisotopic (exact) mass is 456 g/mol. The van der Waals surface area contributed by atoms with E-state index in [9.17, 15) is 9.90 Å². The van der Waals surface area contributed by atoms with Gasteiger partial charge in [0, 0.05) is 24.8 Å². The van der Waals surface area contributed by atoms with Crippen LogP contribution in [0.15, 0.2) is 64.5 Å². The number of aliphatic imine (C=N–C) groups is 1. The Labute approximate surface area is 197 Å². The summed E-state index contributed by atoms with van der Waals surface area (Å²) in [5.41, 5.74) is 5.55. The van der Waals surface area contributed by atoms with Crippen molar-refractivity contribution >= 4 is 22.6 Å². The Morgan fingerprint density at radius 3 is 2.79 bits per heavy atom. The van der Waals surface area contributed by atoms with Crippen molar-refractivity contribution in [1.29, 1.82) is 0 Å². The van der Waals surface area contributed by atoms with Gasteiger partial charge in [0.15, 0.2) is 0 Å². The molecule has 0 aliphatic carbocycles. The molecule has 5 rings (SSSR count). The number of amidine groups is 1. The number of aryl methyl sites for hydroxylation is 1. The lowest BCUT2D eigenvalue weighted by Gasteiger charge is -2.19. The average molecular weight is 457 g/mol. The van der Waals surface area contributed by atoms with Crippen LogP contribution in [0.2, 0.25) is 0 Å². The van der Waals surface area contributed by atoms with Gasteiger partial charge in [0.1, 0.15) is 17.2 Å². The van der Waals surface area contributed by atoms with E-state index in [-0.39, 0.29) is 18.2 Å². The van der Waals surface area contributed by atoms with Crippen LogP contribution in [0.5, 0.6) is 0 Å². The molecule has 1 aliphatic heterocycles. The van der Waals surface area contributed by atoms with Gasteiger partial charge in [-0.15, -0.1) is 0 Å². The van der Waals surface area contributed by atoms with Crippen LogP contribution in [-0.4, -0.2) is 51.6 Å². The first-order valence-electron chi connectivity index (χ1n) is 11.5. The highest BCUT2D eigenvalue weighted by Crippen LogP contribution is 2.27. The second kappa shape index (κ2) is 9.52. The fourth-order valence-corrected chi connectivity index (χ4v) is 4.39. The molecule has 2 aromatic heterocycles. The summed E-state index contributed by atoms with van der Waals surface area (Å²) in [6, 6.07) is 15.6. The summed E-state index contributed by atoms with van der Waals surface area (Å²) >= 11 is 0. The first kappa shape index (κ1) is 21.9. The summed E-state index contributed by atoms with van der Waals surface area (Å²) in [6.45, 7) is 3.67. The molecule has 34 heavy (non-hydrogen) atoms. The van der Waals surface area contributed by atoms with Crippen molar-refractivity contribution in [2.75, 3.05) is 25.0 Å². The number of pyridine rings is 1. The largest absolute Gasteiger partial charge is 0.394 e. The molecule has 3 heterocycles. The molecule has 0 saturated heterocycles. The van der Waals surface area contributed by atoms with Crippen LogP contribution >= 0.6 is 0 Å². The lowest BCUT2D eigenvalue weighted by molar-refractivity contribution is 0.274. The van der Waals surface area contributed by atoms with E-state index < -0.39 is 0 Å². The molecule has 174 valence electrons. The Bertz CT molecular complexity index is 1390. The van der Waals surface area contributed by atoms with E-state index in [0.29, 0.717) is 23.5 Å². The van der Waals surface area contributed by atoms with Crippen LogP contribution in [0.3, 0.4) is 0 Å². The molecule has 5 N–H and O–H groups in total. The van der Waals surface area contributed by atoms with E-state index in [1.54, 1.807) is 12.3 Å². The number of rotatable bonds is 7.